The Morgan fingerprint density at radius 2 is 1.66 bits per heavy atom. The van der Waals surface area contributed by atoms with Crippen LogP contribution in [0.15, 0.2) is 24.3 Å². The maximum absolute atomic E-state index is 12.7. The Morgan fingerprint density at radius 1 is 0.897 bits per heavy atom. The third kappa shape index (κ3) is 2.68. The highest BCUT2D eigenvalue weighted by atomic mass is 16.7. The minimum Gasteiger partial charge on any atom is -0.493 e. The Hall–Kier alpha value is -3.09. The number of carbonyl (C=O) groups excluding carboxylic acids is 1. The van der Waals surface area contributed by atoms with Crippen molar-refractivity contribution in [3.05, 3.63) is 41.0 Å². The van der Waals surface area contributed by atoms with Crippen LogP contribution in [0, 0.1) is 11.8 Å². The number of hydrogen-bond donors (Lipinski definition) is 0. The average molecular weight is 398 g/mol. The molecule has 2 aliphatic heterocycles. The number of cyclic esters (lactones) is 1. The van der Waals surface area contributed by atoms with Gasteiger partial charge in [-0.1, -0.05) is 0 Å². The first-order chi connectivity index (χ1) is 14.1. The maximum Gasteiger partial charge on any atom is 0.310 e. The van der Waals surface area contributed by atoms with Gasteiger partial charge in [-0.2, -0.15) is 0 Å². The molecule has 0 aromatic heterocycles. The van der Waals surface area contributed by atoms with Crippen LogP contribution in [0.25, 0.3) is 0 Å². The zero-order valence-corrected chi connectivity index (χ0v) is 16.5. The number of benzene rings is 2. The van der Waals surface area contributed by atoms with E-state index >= 15 is 0 Å². The highest BCUT2D eigenvalue weighted by molar-refractivity contribution is 5.78. The number of methoxy groups -OCH3 is 3. The average Bonchev–Trinajstić information content (AvgIpc) is 3.37. The summed E-state index contributed by atoms with van der Waals surface area (Å²) in [4.78, 5) is 12.7. The second kappa shape index (κ2) is 6.76. The van der Waals surface area contributed by atoms with Gasteiger partial charge in [0.15, 0.2) is 23.0 Å². The number of hydrogen-bond acceptors (Lipinski definition) is 7. The zero-order valence-electron chi connectivity index (χ0n) is 16.5. The summed E-state index contributed by atoms with van der Waals surface area (Å²) in [7, 11) is 4.83. The van der Waals surface area contributed by atoms with E-state index in [4.69, 9.17) is 28.4 Å². The Bertz CT molecular complexity index is 984. The van der Waals surface area contributed by atoms with Crippen molar-refractivity contribution in [2.75, 3.05) is 34.7 Å². The van der Waals surface area contributed by atoms with Crippen molar-refractivity contribution in [1.29, 1.82) is 0 Å². The van der Waals surface area contributed by atoms with E-state index in [0.29, 0.717) is 35.4 Å². The zero-order chi connectivity index (χ0) is 20.1. The fraction of sp³-hybridized carbons (Fsp3) is 0.409. The van der Waals surface area contributed by atoms with Crippen LogP contribution in [0.2, 0.25) is 0 Å². The summed E-state index contributed by atoms with van der Waals surface area (Å²) in [6.45, 7) is 0.574. The van der Waals surface area contributed by atoms with E-state index in [-0.39, 0.29) is 30.5 Å². The number of carbonyl (C=O) groups is 1. The monoisotopic (exact) mass is 398 g/mol. The second-order valence-electron chi connectivity index (χ2n) is 7.46. The van der Waals surface area contributed by atoms with Crippen LogP contribution in [0.3, 0.4) is 0 Å². The van der Waals surface area contributed by atoms with E-state index in [1.807, 2.05) is 24.3 Å². The number of rotatable bonds is 4. The molecule has 0 N–H and O–H groups in total. The number of fused-ring (bicyclic) bond motifs is 3. The summed E-state index contributed by atoms with van der Waals surface area (Å²) in [5.74, 6) is 2.57. The summed E-state index contributed by atoms with van der Waals surface area (Å²) in [6.07, 6.45) is 0.754. The third-order valence-electron chi connectivity index (χ3n) is 6.08. The van der Waals surface area contributed by atoms with Crippen molar-refractivity contribution < 1.29 is 33.2 Å². The molecule has 7 nitrogen and oxygen atoms in total. The van der Waals surface area contributed by atoms with Gasteiger partial charge >= 0.3 is 5.97 Å². The molecular weight excluding hydrogens is 376 g/mol. The van der Waals surface area contributed by atoms with Gasteiger partial charge in [0, 0.05) is 11.8 Å². The van der Waals surface area contributed by atoms with Gasteiger partial charge in [0.25, 0.3) is 0 Å². The molecule has 7 heteroatoms. The van der Waals surface area contributed by atoms with E-state index in [1.54, 1.807) is 21.3 Å². The van der Waals surface area contributed by atoms with Gasteiger partial charge in [-0.15, -0.1) is 0 Å². The van der Waals surface area contributed by atoms with Gasteiger partial charge in [0.05, 0.1) is 33.9 Å². The van der Waals surface area contributed by atoms with E-state index in [2.05, 4.69) is 0 Å². The van der Waals surface area contributed by atoms with Gasteiger partial charge in [-0.3, -0.25) is 4.79 Å². The van der Waals surface area contributed by atoms with Crippen molar-refractivity contribution in [2.45, 2.75) is 12.3 Å². The van der Waals surface area contributed by atoms with Gasteiger partial charge < -0.3 is 28.4 Å². The van der Waals surface area contributed by atoms with Crippen LogP contribution in [-0.2, 0) is 16.0 Å². The highest BCUT2D eigenvalue weighted by Gasteiger charge is 2.48. The van der Waals surface area contributed by atoms with Crippen LogP contribution < -0.4 is 23.7 Å². The predicted molar refractivity (Wildman–Crippen MR) is 102 cm³/mol. The van der Waals surface area contributed by atoms with Gasteiger partial charge in [-0.05, 0) is 47.4 Å². The molecule has 2 heterocycles. The Balaban J connectivity index is 1.71. The lowest BCUT2D eigenvalue weighted by Crippen LogP contribution is -2.31. The third-order valence-corrected chi connectivity index (χ3v) is 6.08. The van der Waals surface area contributed by atoms with E-state index in [1.165, 1.54) is 0 Å². The van der Waals surface area contributed by atoms with Crippen molar-refractivity contribution >= 4 is 5.97 Å². The summed E-state index contributed by atoms with van der Waals surface area (Å²) in [6, 6.07) is 7.83. The molecule has 5 rings (SSSR count). The molecule has 152 valence electrons. The van der Waals surface area contributed by atoms with E-state index < -0.39 is 0 Å². The Morgan fingerprint density at radius 3 is 2.41 bits per heavy atom. The van der Waals surface area contributed by atoms with Crippen LogP contribution in [0.4, 0.5) is 0 Å². The molecule has 1 saturated heterocycles. The van der Waals surface area contributed by atoms with Crippen molar-refractivity contribution in [3.63, 3.8) is 0 Å². The van der Waals surface area contributed by atoms with Crippen molar-refractivity contribution in [2.24, 2.45) is 11.8 Å². The molecule has 0 amide bonds. The van der Waals surface area contributed by atoms with Crippen molar-refractivity contribution in [1.82, 2.24) is 0 Å². The normalized spacial score (nSPS) is 23.8. The highest BCUT2D eigenvalue weighted by Crippen LogP contribution is 2.52. The molecule has 3 aliphatic rings. The molecule has 1 aliphatic carbocycles. The lowest BCUT2D eigenvalue weighted by Gasteiger charge is -2.34. The lowest BCUT2D eigenvalue weighted by molar-refractivity contribution is -0.141. The van der Waals surface area contributed by atoms with E-state index in [0.717, 1.165) is 23.1 Å². The first-order valence-electron chi connectivity index (χ1n) is 9.53. The van der Waals surface area contributed by atoms with Gasteiger partial charge in [-0.25, -0.2) is 0 Å². The van der Waals surface area contributed by atoms with Gasteiger partial charge in [0.2, 0.25) is 12.5 Å². The standard InChI is InChI=1S/C22H22O7/c1-24-15-5-11-4-13-9-27-22(23)20(13)19(14(11)8-16(15)25-2)12-6-17(26-3)21-18(7-12)28-10-29-21/h5-8,13,19-20H,4,9-10H2,1-3H3/t13-,19-,20-/m0/s1. The van der Waals surface area contributed by atoms with Crippen LogP contribution >= 0.6 is 0 Å². The first-order valence-corrected chi connectivity index (χ1v) is 9.53. The molecule has 2 aromatic rings. The number of ether oxygens (including phenoxy) is 6. The smallest absolute Gasteiger partial charge is 0.310 e. The fourth-order valence-electron chi connectivity index (χ4n) is 4.77. The molecule has 0 unspecified atom stereocenters. The summed E-state index contributed by atoms with van der Waals surface area (Å²) in [5, 5.41) is 0. The van der Waals surface area contributed by atoms with Crippen LogP contribution in [-0.4, -0.2) is 40.7 Å². The molecule has 2 aromatic carbocycles. The minimum absolute atomic E-state index is 0.106. The molecule has 0 spiro atoms. The Kier molecular flexibility index (Phi) is 4.19. The molecular formula is C22H22O7. The SMILES string of the molecule is COc1cc2c(cc1OC)[C@H](c1cc(OC)c3c(c1)OCO3)[C@H]1C(=O)OC[C@@H]1C2. The topological polar surface area (TPSA) is 72.5 Å². The molecule has 1 fully saturated rings. The summed E-state index contributed by atoms with van der Waals surface area (Å²) < 4.78 is 33.2. The predicted octanol–water partition coefficient (Wildman–Crippen LogP) is 2.92. The molecule has 0 radical (unpaired) electrons. The second-order valence-corrected chi connectivity index (χ2v) is 7.46. The summed E-state index contributed by atoms with van der Waals surface area (Å²) in [5.41, 5.74) is 3.08. The molecule has 29 heavy (non-hydrogen) atoms. The van der Waals surface area contributed by atoms with Crippen molar-refractivity contribution in [3.8, 4) is 28.7 Å². The molecule has 0 saturated carbocycles. The molecule has 0 bridgehead atoms. The fourth-order valence-corrected chi connectivity index (χ4v) is 4.77. The quantitative estimate of drug-likeness (QED) is 0.733. The maximum atomic E-state index is 12.7. The lowest BCUT2D eigenvalue weighted by atomic mass is 9.67. The number of esters is 1. The largest absolute Gasteiger partial charge is 0.493 e. The minimum atomic E-state index is -0.273. The first kappa shape index (κ1) is 18.0. The summed E-state index contributed by atoms with van der Waals surface area (Å²) >= 11 is 0. The Labute approximate surface area is 168 Å². The molecule has 3 atom stereocenters. The van der Waals surface area contributed by atoms with Crippen LogP contribution in [0.1, 0.15) is 22.6 Å². The van der Waals surface area contributed by atoms with Gasteiger partial charge in [0.1, 0.15) is 0 Å². The van der Waals surface area contributed by atoms with E-state index in [9.17, 15) is 4.79 Å². The van der Waals surface area contributed by atoms with Crippen LogP contribution in [0.5, 0.6) is 28.7 Å².